The second-order valence-corrected chi connectivity index (χ2v) is 5.52. The van der Waals surface area contributed by atoms with E-state index in [2.05, 4.69) is 32.0 Å². The number of hydrogen-bond acceptors (Lipinski definition) is 1. The van der Waals surface area contributed by atoms with Crippen molar-refractivity contribution in [2.75, 3.05) is 0 Å². The summed E-state index contributed by atoms with van der Waals surface area (Å²) in [4.78, 5) is 0. The molecular formula is C16H24O. The number of hydrogen-bond donors (Lipinski definition) is 1. The predicted octanol–water partition coefficient (Wildman–Crippen LogP) is 4.11. The summed E-state index contributed by atoms with van der Waals surface area (Å²) in [6.45, 7) is 4.48. The number of aryl methyl sites for hydroxylation is 1. The second kappa shape index (κ2) is 5.68. The quantitative estimate of drug-likeness (QED) is 0.831. The highest BCUT2D eigenvalue weighted by Gasteiger charge is 2.26. The van der Waals surface area contributed by atoms with Gasteiger partial charge in [0, 0.05) is 0 Å². The Morgan fingerprint density at radius 3 is 2.47 bits per heavy atom. The molecule has 1 fully saturated rings. The molecule has 0 saturated heterocycles. The van der Waals surface area contributed by atoms with Crippen molar-refractivity contribution in [2.45, 2.75) is 52.1 Å². The van der Waals surface area contributed by atoms with E-state index in [0.717, 1.165) is 17.9 Å². The Morgan fingerprint density at radius 2 is 1.82 bits per heavy atom. The van der Waals surface area contributed by atoms with E-state index in [4.69, 9.17) is 0 Å². The molecule has 1 N–H and O–H groups in total. The van der Waals surface area contributed by atoms with Crippen molar-refractivity contribution in [1.82, 2.24) is 0 Å². The average Bonchev–Trinajstić information content (AvgIpc) is 2.39. The molecular weight excluding hydrogens is 208 g/mol. The number of benzene rings is 1. The maximum absolute atomic E-state index is 10.5. The summed E-state index contributed by atoms with van der Waals surface area (Å²) in [6.07, 6.45) is 5.67. The van der Waals surface area contributed by atoms with Crippen molar-refractivity contribution in [3.8, 4) is 0 Å². The number of aliphatic hydroxyl groups is 1. The van der Waals surface area contributed by atoms with Crippen LogP contribution in [0.3, 0.4) is 0 Å². The molecule has 0 aliphatic heterocycles. The van der Waals surface area contributed by atoms with E-state index in [9.17, 15) is 5.11 Å². The van der Waals surface area contributed by atoms with Crippen LogP contribution in [0.15, 0.2) is 24.3 Å². The van der Waals surface area contributed by atoms with Crippen LogP contribution in [-0.4, -0.2) is 5.11 Å². The predicted molar refractivity (Wildman–Crippen MR) is 71.9 cm³/mol. The van der Waals surface area contributed by atoms with Gasteiger partial charge in [-0.1, -0.05) is 51.0 Å². The van der Waals surface area contributed by atoms with Gasteiger partial charge >= 0.3 is 0 Å². The zero-order valence-corrected chi connectivity index (χ0v) is 11.0. The summed E-state index contributed by atoms with van der Waals surface area (Å²) >= 11 is 0. The largest absolute Gasteiger partial charge is 0.388 e. The van der Waals surface area contributed by atoms with Gasteiger partial charge in [0.05, 0.1) is 6.10 Å². The van der Waals surface area contributed by atoms with Gasteiger partial charge in [-0.05, 0) is 42.2 Å². The molecule has 2 rings (SSSR count). The van der Waals surface area contributed by atoms with Gasteiger partial charge in [-0.15, -0.1) is 0 Å². The van der Waals surface area contributed by atoms with Gasteiger partial charge < -0.3 is 5.11 Å². The average molecular weight is 232 g/mol. The van der Waals surface area contributed by atoms with Crippen LogP contribution in [-0.2, 0) is 6.42 Å². The molecule has 0 amide bonds. The first kappa shape index (κ1) is 12.6. The lowest BCUT2D eigenvalue weighted by atomic mass is 9.78. The van der Waals surface area contributed by atoms with E-state index in [1.807, 2.05) is 6.07 Å². The molecule has 1 heteroatoms. The molecule has 1 aromatic carbocycles. The summed E-state index contributed by atoms with van der Waals surface area (Å²) in [5.74, 6) is 1.32. The maximum Gasteiger partial charge on any atom is 0.0820 e. The van der Waals surface area contributed by atoms with Gasteiger partial charge in [0.15, 0.2) is 0 Å². The molecule has 1 saturated carbocycles. The molecule has 94 valence electrons. The maximum atomic E-state index is 10.5. The Kier molecular flexibility index (Phi) is 4.22. The van der Waals surface area contributed by atoms with Gasteiger partial charge in [-0.25, -0.2) is 0 Å². The molecule has 1 aliphatic carbocycles. The van der Waals surface area contributed by atoms with Crippen molar-refractivity contribution < 1.29 is 5.11 Å². The minimum Gasteiger partial charge on any atom is -0.388 e. The molecule has 17 heavy (non-hydrogen) atoms. The minimum atomic E-state index is -0.251. The third kappa shape index (κ3) is 2.90. The third-order valence-corrected chi connectivity index (χ3v) is 4.26. The zero-order chi connectivity index (χ0) is 12.3. The van der Waals surface area contributed by atoms with E-state index in [0.29, 0.717) is 5.92 Å². The van der Waals surface area contributed by atoms with Gasteiger partial charge in [0.25, 0.3) is 0 Å². The highest BCUT2D eigenvalue weighted by molar-refractivity contribution is 5.29. The molecule has 0 heterocycles. The van der Waals surface area contributed by atoms with Crippen LogP contribution in [0.4, 0.5) is 0 Å². The Bertz CT molecular complexity index is 350. The Morgan fingerprint density at radius 1 is 1.18 bits per heavy atom. The lowest BCUT2D eigenvalue weighted by Crippen LogP contribution is -2.20. The van der Waals surface area contributed by atoms with Gasteiger partial charge in [0.1, 0.15) is 0 Å². The van der Waals surface area contributed by atoms with Crippen LogP contribution in [0.1, 0.15) is 56.8 Å². The van der Waals surface area contributed by atoms with E-state index < -0.39 is 0 Å². The Hall–Kier alpha value is -0.820. The molecule has 0 radical (unpaired) electrons. The number of aliphatic hydroxyl groups excluding tert-OH is 1. The van der Waals surface area contributed by atoms with Crippen LogP contribution >= 0.6 is 0 Å². The van der Waals surface area contributed by atoms with Crippen molar-refractivity contribution in [3.05, 3.63) is 35.4 Å². The molecule has 1 atom stereocenters. The second-order valence-electron chi connectivity index (χ2n) is 5.52. The van der Waals surface area contributed by atoms with E-state index in [-0.39, 0.29) is 6.10 Å². The van der Waals surface area contributed by atoms with Crippen molar-refractivity contribution in [2.24, 2.45) is 11.8 Å². The van der Waals surface area contributed by atoms with E-state index in [1.165, 1.54) is 31.2 Å². The normalized spacial score (nSPS) is 26.8. The van der Waals surface area contributed by atoms with Crippen LogP contribution in [0, 0.1) is 11.8 Å². The SMILES string of the molecule is CCc1ccccc1C(O)C1CCC(C)CC1. The lowest BCUT2D eigenvalue weighted by molar-refractivity contribution is 0.0749. The fourth-order valence-corrected chi connectivity index (χ4v) is 3.00. The summed E-state index contributed by atoms with van der Waals surface area (Å²) in [6, 6.07) is 8.35. The first-order valence-electron chi connectivity index (χ1n) is 6.98. The third-order valence-electron chi connectivity index (χ3n) is 4.26. The highest BCUT2D eigenvalue weighted by atomic mass is 16.3. The van der Waals surface area contributed by atoms with Crippen molar-refractivity contribution >= 4 is 0 Å². The van der Waals surface area contributed by atoms with Crippen LogP contribution in [0.25, 0.3) is 0 Å². The van der Waals surface area contributed by atoms with Crippen LogP contribution in [0.5, 0.6) is 0 Å². The monoisotopic (exact) mass is 232 g/mol. The van der Waals surface area contributed by atoms with Gasteiger partial charge in [0.2, 0.25) is 0 Å². The summed E-state index contributed by atoms with van der Waals surface area (Å²) in [7, 11) is 0. The number of rotatable bonds is 3. The first-order chi connectivity index (χ1) is 8.22. The minimum absolute atomic E-state index is 0.251. The molecule has 0 aromatic heterocycles. The fourth-order valence-electron chi connectivity index (χ4n) is 3.00. The van der Waals surface area contributed by atoms with E-state index >= 15 is 0 Å². The van der Waals surface area contributed by atoms with Gasteiger partial charge in [-0.3, -0.25) is 0 Å². The summed E-state index contributed by atoms with van der Waals surface area (Å²) < 4.78 is 0. The molecule has 1 unspecified atom stereocenters. The standard InChI is InChI=1S/C16H24O/c1-3-13-6-4-5-7-15(13)16(17)14-10-8-12(2)9-11-14/h4-7,12,14,16-17H,3,8-11H2,1-2H3. The molecule has 0 bridgehead atoms. The van der Waals surface area contributed by atoms with Crippen molar-refractivity contribution in [3.63, 3.8) is 0 Å². The summed E-state index contributed by atoms with van der Waals surface area (Å²) in [5.41, 5.74) is 2.47. The molecule has 1 nitrogen and oxygen atoms in total. The smallest absolute Gasteiger partial charge is 0.0820 e. The van der Waals surface area contributed by atoms with Crippen molar-refractivity contribution in [1.29, 1.82) is 0 Å². The topological polar surface area (TPSA) is 20.2 Å². The Balaban J connectivity index is 2.10. The lowest BCUT2D eigenvalue weighted by Gasteiger charge is -2.30. The first-order valence-corrected chi connectivity index (χ1v) is 6.98. The van der Waals surface area contributed by atoms with Gasteiger partial charge in [-0.2, -0.15) is 0 Å². The molecule has 0 spiro atoms. The summed E-state index contributed by atoms with van der Waals surface area (Å²) in [5, 5.41) is 10.5. The van der Waals surface area contributed by atoms with Crippen LogP contribution in [0.2, 0.25) is 0 Å². The molecule has 1 aliphatic rings. The zero-order valence-electron chi connectivity index (χ0n) is 11.0. The highest BCUT2D eigenvalue weighted by Crippen LogP contribution is 2.37. The molecule has 1 aromatic rings. The van der Waals surface area contributed by atoms with Crippen LogP contribution < -0.4 is 0 Å². The Labute approximate surface area is 105 Å². The fraction of sp³-hybridized carbons (Fsp3) is 0.625. The van der Waals surface area contributed by atoms with E-state index in [1.54, 1.807) is 0 Å².